The summed E-state index contributed by atoms with van der Waals surface area (Å²) in [5.41, 5.74) is 0.471. The van der Waals surface area contributed by atoms with Crippen molar-refractivity contribution in [2.24, 2.45) is 0 Å². The molecule has 1 aliphatic carbocycles. The Bertz CT molecular complexity index is 1300. The zero-order valence-electron chi connectivity index (χ0n) is 22.1. The van der Waals surface area contributed by atoms with Gasteiger partial charge in [-0.05, 0) is 19.1 Å². The number of benzene rings is 1. The molecular formula is C27H33O15+. The van der Waals surface area contributed by atoms with Gasteiger partial charge in [-0.25, -0.2) is 0 Å². The van der Waals surface area contributed by atoms with Crippen LogP contribution in [-0.2, 0) is 18.9 Å². The van der Waals surface area contributed by atoms with Crippen molar-refractivity contribution in [1.82, 2.24) is 0 Å². The molecule has 0 amide bonds. The van der Waals surface area contributed by atoms with E-state index in [0.717, 1.165) is 0 Å². The fraction of sp³-hybridized carbons (Fsp3) is 0.481. The van der Waals surface area contributed by atoms with Crippen LogP contribution in [0.1, 0.15) is 12.5 Å². The predicted octanol–water partition coefficient (Wildman–Crippen LogP) is -2.40. The first kappa shape index (κ1) is 30.1. The van der Waals surface area contributed by atoms with Crippen LogP contribution in [0.3, 0.4) is 0 Å². The molecule has 15 nitrogen and oxygen atoms in total. The number of phenols is 2. The van der Waals surface area contributed by atoms with Crippen molar-refractivity contribution in [2.45, 2.75) is 74.4 Å². The monoisotopic (exact) mass is 597 g/mol. The molecule has 0 bridgehead atoms. The Balaban J connectivity index is 1.53. The van der Waals surface area contributed by atoms with E-state index in [-0.39, 0.29) is 34.2 Å². The first-order valence-electron chi connectivity index (χ1n) is 13.0. The van der Waals surface area contributed by atoms with Crippen LogP contribution in [0.15, 0.2) is 59.3 Å². The second-order valence-corrected chi connectivity index (χ2v) is 10.3. The van der Waals surface area contributed by atoms with E-state index in [4.69, 9.17) is 18.9 Å². The van der Waals surface area contributed by atoms with E-state index in [9.17, 15) is 51.1 Å². The minimum absolute atomic E-state index is 0.0706. The molecule has 11 unspecified atom stereocenters. The summed E-state index contributed by atoms with van der Waals surface area (Å²) in [6.07, 6.45) is -12.1. The number of rotatable bonds is 6. The summed E-state index contributed by atoms with van der Waals surface area (Å²) < 4.78 is 27.3. The number of aliphatic hydroxyl groups excluding tert-OH is 8. The smallest absolute Gasteiger partial charge is 0.305 e. The van der Waals surface area contributed by atoms with E-state index in [1.807, 2.05) is 0 Å². The van der Waals surface area contributed by atoms with Gasteiger partial charge in [0, 0.05) is 18.2 Å². The van der Waals surface area contributed by atoms with Crippen LogP contribution < -0.4 is 0 Å². The fourth-order valence-corrected chi connectivity index (χ4v) is 4.94. The molecule has 0 radical (unpaired) electrons. The fourth-order valence-electron chi connectivity index (χ4n) is 4.94. The third-order valence-corrected chi connectivity index (χ3v) is 7.39. The standard InChI is InChI=1S/C27H32O15/c1-9-19(32)21(34)23(36)26(38-9)41-17-7-12-15(39-25(17)10-2-3-13(30)14(31)4-10)5-11(29)6-16(12)40-27-24(37)22(35)20(33)18(8-28)42-27/h2-7,9,15,18-24,26-37H,8H2,1H3/p+1. The number of hydrogen-bond acceptors (Lipinski definition) is 14. The van der Waals surface area contributed by atoms with Crippen LogP contribution >= 0.6 is 0 Å². The minimum Gasteiger partial charge on any atom is -0.571 e. The highest BCUT2D eigenvalue weighted by Crippen LogP contribution is 2.40. The third kappa shape index (κ3) is 5.54. The van der Waals surface area contributed by atoms with Gasteiger partial charge < -0.3 is 74.7 Å². The summed E-state index contributed by atoms with van der Waals surface area (Å²) in [6, 6.07) is 3.83. The lowest BCUT2D eigenvalue weighted by Crippen LogP contribution is -2.59. The van der Waals surface area contributed by atoms with Gasteiger partial charge in [0.05, 0.1) is 29.9 Å². The highest BCUT2D eigenvalue weighted by atomic mass is 16.7. The molecule has 1 aromatic carbocycles. The Hall–Kier alpha value is -3.38. The molecule has 3 aliphatic heterocycles. The van der Waals surface area contributed by atoms with Crippen molar-refractivity contribution in [3.05, 3.63) is 64.8 Å². The van der Waals surface area contributed by atoms with Gasteiger partial charge in [-0.1, -0.05) is 0 Å². The van der Waals surface area contributed by atoms with Gasteiger partial charge in [0.2, 0.25) is 24.4 Å². The lowest BCUT2D eigenvalue weighted by molar-refractivity contribution is -0.291. The molecule has 3 heterocycles. The molecule has 5 rings (SSSR count). The number of allylic oxidation sites excluding steroid dienone is 2. The summed E-state index contributed by atoms with van der Waals surface area (Å²) in [5, 5.41) is 102. The zero-order chi connectivity index (χ0) is 30.5. The Kier molecular flexibility index (Phi) is 8.39. The van der Waals surface area contributed by atoms with Crippen molar-refractivity contribution in [3.8, 4) is 11.5 Å². The first-order valence-corrected chi connectivity index (χ1v) is 13.0. The lowest BCUT2D eigenvalue weighted by atomic mass is 9.96. The summed E-state index contributed by atoms with van der Waals surface area (Å²) >= 11 is 0. The second kappa shape index (κ2) is 11.7. The predicted molar refractivity (Wildman–Crippen MR) is 138 cm³/mol. The molecule has 1 aromatic rings. The van der Waals surface area contributed by atoms with Crippen LogP contribution in [0.25, 0.3) is 5.76 Å². The van der Waals surface area contributed by atoms with Gasteiger partial charge in [-0.3, -0.25) is 0 Å². The number of hydrogen-bond donors (Lipinski definition) is 10. The largest absolute Gasteiger partial charge is 0.571 e. The number of fused-ring (bicyclic) bond motifs is 1. The van der Waals surface area contributed by atoms with Crippen molar-refractivity contribution in [3.63, 3.8) is 0 Å². The molecule has 2 saturated heterocycles. The molecule has 0 aromatic heterocycles. The maximum Gasteiger partial charge on any atom is 0.305 e. The van der Waals surface area contributed by atoms with Crippen molar-refractivity contribution in [2.75, 3.05) is 6.61 Å². The van der Waals surface area contributed by atoms with Crippen LogP contribution in [0.2, 0.25) is 0 Å². The normalized spacial score (nSPS) is 38.5. The van der Waals surface area contributed by atoms with Gasteiger partial charge in [0.1, 0.15) is 54.2 Å². The van der Waals surface area contributed by atoms with Crippen molar-refractivity contribution in [1.29, 1.82) is 0 Å². The molecule has 11 N–H and O–H groups in total. The molecule has 4 aliphatic rings. The quantitative estimate of drug-likeness (QED) is 0.121. The number of ether oxygens (including phenoxy) is 5. The minimum atomic E-state index is -1.75. The van der Waals surface area contributed by atoms with Gasteiger partial charge in [-0.2, -0.15) is 0 Å². The van der Waals surface area contributed by atoms with E-state index in [1.54, 1.807) is 0 Å². The van der Waals surface area contributed by atoms with E-state index in [0.29, 0.717) is 0 Å². The number of phenolic OH excluding ortho intramolecular Hbond substituents is 2. The molecule has 15 heteroatoms. The molecular weight excluding hydrogens is 564 g/mol. The van der Waals surface area contributed by atoms with Crippen LogP contribution in [-0.4, -0.2) is 130 Å². The molecule has 42 heavy (non-hydrogen) atoms. The Morgan fingerprint density at radius 1 is 0.786 bits per heavy atom. The average Bonchev–Trinajstić information content (AvgIpc) is 2.96. The zero-order valence-corrected chi connectivity index (χ0v) is 22.1. The summed E-state index contributed by atoms with van der Waals surface area (Å²) in [5.74, 6) is -1.28. The molecule has 230 valence electrons. The Labute approximate surface area is 238 Å². The van der Waals surface area contributed by atoms with Crippen LogP contribution in [0.5, 0.6) is 11.5 Å². The van der Waals surface area contributed by atoms with Gasteiger partial charge in [0.15, 0.2) is 11.5 Å². The maximum atomic E-state index is 10.6. The van der Waals surface area contributed by atoms with E-state index in [2.05, 4.69) is 4.74 Å². The Morgan fingerprint density at radius 3 is 2.12 bits per heavy atom. The molecule has 0 saturated carbocycles. The highest BCUT2D eigenvalue weighted by molar-refractivity contribution is 5.69. The first-order chi connectivity index (χ1) is 19.9. The van der Waals surface area contributed by atoms with Crippen LogP contribution in [0.4, 0.5) is 0 Å². The van der Waals surface area contributed by atoms with Crippen molar-refractivity contribution >= 4 is 5.76 Å². The third-order valence-electron chi connectivity index (χ3n) is 7.39. The molecule has 2 fully saturated rings. The van der Waals surface area contributed by atoms with E-state index in [1.165, 1.54) is 43.4 Å². The molecule has 11 atom stereocenters. The van der Waals surface area contributed by atoms with Crippen molar-refractivity contribution < 1.29 is 74.7 Å². The maximum absolute atomic E-state index is 10.6. The number of aromatic hydroxyl groups is 2. The lowest BCUT2D eigenvalue weighted by Gasteiger charge is -2.41. The summed E-state index contributed by atoms with van der Waals surface area (Å²) in [4.78, 5) is 0. The van der Waals surface area contributed by atoms with Crippen LogP contribution in [0, 0.1) is 0 Å². The van der Waals surface area contributed by atoms with Gasteiger partial charge >= 0.3 is 5.76 Å². The highest BCUT2D eigenvalue weighted by Gasteiger charge is 2.47. The molecule has 0 spiro atoms. The van der Waals surface area contributed by atoms with E-state index < -0.39 is 85.6 Å². The van der Waals surface area contributed by atoms with E-state index >= 15 is 0 Å². The summed E-state index contributed by atoms with van der Waals surface area (Å²) in [7, 11) is 0. The topological polar surface area (TPSA) is 252 Å². The SMILES string of the molecule is CC1OC(OC2=C(c3ccc(O)c(O)c3)[OH+]C3C=C(O)C=C(OC4OC(CO)C(O)C(O)C4O)C3=C2)C(O)C(O)C1O. The van der Waals surface area contributed by atoms with Gasteiger partial charge in [-0.15, -0.1) is 0 Å². The summed E-state index contributed by atoms with van der Waals surface area (Å²) in [6.45, 7) is 0.773. The number of aliphatic hydroxyl groups is 10. The Morgan fingerprint density at radius 2 is 1.45 bits per heavy atom. The second-order valence-electron chi connectivity index (χ2n) is 10.3. The average molecular weight is 598 g/mol. The van der Waals surface area contributed by atoms with Gasteiger partial charge in [0.25, 0.3) is 0 Å².